The van der Waals surface area contributed by atoms with Gasteiger partial charge in [-0.05, 0) is 49.7 Å². The molecule has 0 aliphatic carbocycles. The molecular weight excluding hydrogens is 419 g/mol. The first-order chi connectivity index (χ1) is 13.6. The van der Waals surface area contributed by atoms with Crippen LogP contribution in [0.15, 0.2) is 47.4 Å². The fraction of sp³-hybridized carbons (Fsp3) is 0.350. The minimum absolute atomic E-state index is 0.155. The summed E-state index contributed by atoms with van der Waals surface area (Å²) >= 11 is 5.91. The molecule has 2 aromatic carbocycles. The van der Waals surface area contributed by atoms with Crippen LogP contribution in [0.5, 0.6) is 0 Å². The predicted molar refractivity (Wildman–Crippen MR) is 109 cm³/mol. The van der Waals surface area contributed by atoms with Gasteiger partial charge in [-0.2, -0.15) is 4.31 Å². The second-order valence-electron chi connectivity index (χ2n) is 7.25. The molecule has 0 spiro atoms. The monoisotopic (exact) mass is 440 g/mol. The van der Waals surface area contributed by atoms with E-state index in [0.717, 1.165) is 17.7 Å². The van der Waals surface area contributed by atoms with Gasteiger partial charge in [-0.3, -0.25) is 4.79 Å². The van der Waals surface area contributed by atoms with Gasteiger partial charge < -0.3 is 10.1 Å². The molecule has 1 amide bonds. The van der Waals surface area contributed by atoms with Gasteiger partial charge in [0, 0.05) is 23.8 Å². The molecule has 0 radical (unpaired) electrons. The summed E-state index contributed by atoms with van der Waals surface area (Å²) in [6.07, 6.45) is 0. The number of amides is 1. The van der Waals surface area contributed by atoms with E-state index < -0.39 is 26.2 Å². The fourth-order valence-corrected chi connectivity index (χ4v) is 4.61. The van der Waals surface area contributed by atoms with E-state index in [1.54, 1.807) is 38.1 Å². The van der Waals surface area contributed by atoms with E-state index in [4.69, 9.17) is 16.3 Å². The van der Waals surface area contributed by atoms with Crippen LogP contribution in [0.1, 0.15) is 19.4 Å². The first kappa shape index (κ1) is 21.7. The van der Waals surface area contributed by atoms with Gasteiger partial charge in [-0.15, -0.1) is 0 Å². The van der Waals surface area contributed by atoms with E-state index in [2.05, 4.69) is 5.32 Å². The second-order valence-corrected chi connectivity index (χ2v) is 9.59. The summed E-state index contributed by atoms with van der Waals surface area (Å²) in [6, 6.07) is 10.4. The van der Waals surface area contributed by atoms with Crippen molar-refractivity contribution in [2.45, 2.75) is 24.2 Å². The van der Waals surface area contributed by atoms with Crippen LogP contribution < -0.4 is 5.32 Å². The summed E-state index contributed by atoms with van der Waals surface area (Å²) in [5.74, 6) is -1.23. The van der Waals surface area contributed by atoms with E-state index in [9.17, 15) is 17.6 Å². The lowest BCUT2D eigenvalue weighted by atomic mass is 9.83. The van der Waals surface area contributed by atoms with Crippen LogP contribution in [-0.2, 0) is 25.0 Å². The molecule has 0 unspecified atom stereocenters. The highest BCUT2D eigenvalue weighted by molar-refractivity contribution is 7.89. The van der Waals surface area contributed by atoms with Crippen molar-refractivity contribution in [2.75, 3.05) is 31.6 Å². The summed E-state index contributed by atoms with van der Waals surface area (Å²) in [5, 5.41) is 3.25. The van der Waals surface area contributed by atoms with Gasteiger partial charge in [-0.1, -0.05) is 23.7 Å². The van der Waals surface area contributed by atoms with Crippen LogP contribution in [0, 0.1) is 5.82 Å². The molecule has 0 aromatic heterocycles. The van der Waals surface area contributed by atoms with Crippen LogP contribution >= 0.6 is 11.6 Å². The number of hydrogen-bond donors (Lipinski definition) is 1. The molecule has 3 rings (SSSR count). The smallest absolute Gasteiger partial charge is 0.246 e. The molecule has 9 heteroatoms. The predicted octanol–water partition coefficient (Wildman–Crippen LogP) is 3.42. The van der Waals surface area contributed by atoms with E-state index >= 15 is 0 Å². The molecule has 6 nitrogen and oxygen atoms in total. The Morgan fingerprint density at radius 2 is 1.76 bits per heavy atom. The normalized spacial score (nSPS) is 15.9. The van der Waals surface area contributed by atoms with Crippen molar-refractivity contribution < 1.29 is 22.3 Å². The SMILES string of the molecule is CC(C)(C(=O)Nc1ccc(F)c(S(=O)(=O)N2CCOCC2)c1)c1ccc(Cl)cc1. The van der Waals surface area contributed by atoms with E-state index in [1.807, 2.05) is 0 Å². The maximum absolute atomic E-state index is 14.3. The Bertz CT molecular complexity index is 1000. The lowest BCUT2D eigenvalue weighted by Gasteiger charge is -2.27. The molecule has 156 valence electrons. The van der Waals surface area contributed by atoms with Gasteiger partial charge in [0.1, 0.15) is 10.7 Å². The first-order valence-corrected chi connectivity index (χ1v) is 10.9. The zero-order valence-electron chi connectivity index (χ0n) is 16.1. The number of halogens is 2. The number of morpholine rings is 1. The zero-order chi connectivity index (χ0) is 21.2. The maximum Gasteiger partial charge on any atom is 0.246 e. The van der Waals surface area contributed by atoms with Crippen molar-refractivity contribution in [3.05, 3.63) is 58.9 Å². The molecule has 1 saturated heterocycles. The number of rotatable bonds is 5. The van der Waals surface area contributed by atoms with E-state index in [0.29, 0.717) is 5.02 Å². The molecule has 0 bridgehead atoms. The van der Waals surface area contributed by atoms with Gasteiger partial charge in [0.2, 0.25) is 15.9 Å². The summed E-state index contributed by atoms with van der Waals surface area (Å²) in [6.45, 7) is 4.30. The number of nitrogens with one attached hydrogen (secondary N) is 1. The standard InChI is InChI=1S/C20H22ClFN2O4S/c1-20(2,14-3-5-15(21)6-4-14)19(25)23-16-7-8-17(22)18(13-16)29(26,27)24-9-11-28-12-10-24/h3-8,13H,9-12H2,1-2H3,(H,23,25). The van der Waals surface area contributed by atoms with Gasteiger partial charge in [-0.25, -0.2) is 12.8 Å². The summed E-state index contributed by atoms with van der Waals surface area (Å²) in [7, 11) is -4.03. The number of anilines is 1. The average Bonchev–Trinajstić information content (AvgIpc) is 2.70. The highest BCUT2D eigenvalue weighted by Gasteiger charge is 2.32. The molecule has 1 heterocycles. The van der Waals surface area contributed by atoms with Gasteiger partial charge >= 0.3 is 0 Å². The molecular formula is C20H22ClFN2O4S. The molecule has 29 heavy (non-hydrogen) atoms. The van der Waals surface area contributed by atoms with Crippen LogP contribution in [-0.4, -0.2) is 44.9 Å². The van der Waals surface area contributed by atoms with Crippen molar-refractivity contribution >= 4 is 33.2 Å². The van der Waals surface area contributed by atoms with Crippen LogP contribution in [0.25, 0.3) is 0 Å². The van der Waals surface area contributed by atoms with Crippen LogP contribution in [0.3, 0.4) is 0 Å². The number of carbonyl (C=O) groups is 1. The number of nitrogens with zero attached hydrogens (tertiary/aromatic N) is 1. The van der Waals surface area contributed by atoms with Crippen molar-refractivity contribution in [1.82, 2.24) is 4.31 Å². The number of carbonyl (C=O) groups excluding carboxylic acids is 1. The van der Waals surface area contributed by atoms with E-state index in [1.165, 1.54) is 10.4 Å². The maximum atomic E-state index is 14.3. The Morgan fingerprint density at radius 3 is 2.38 bits per heavy atom. The highest BCUT2D eigenvalue weighted by Crippen LogP contribution is 2.28. The quantitative estimate of drug-likeness (QED) is 0.773. The Hall–Kier alpha value is -2.00. The number of sulfonamides is 1. The molecule has 2 aromatic rings. The topological polar surface area (TPSA) is 75.7 Å². The number of ether oxygens (including phenoxy) is 1. The average molecular weight is 441 g/mol. The lowest BCUT2D eigenvalue weighted by Crippen LogP contribution is -2.41. The number of benzene rings is 2. The van der Waals surface area contributed by atoms with Crippen molar-refractivity contribution in [1.29, 1.82) is 0 Å². The minimum Gasteiger partial charge on any atom is -0.379 e. The molecule has 1 N–H and O–H groups in total. The van der Waals surface area contributed by atoms with Gasteiger partial charge in [0.15, 0.2) is 0 Å². The third-order valence-electron chi connectivity index (χ3n) is 4.91. The summed E-state index contributed by atoms with van der Waals surface area (Å²) < 4.78 is 46.3. The van der Waals surface area contributed by atoms with E-state index in [-0.39, 0.29) is 37.9 Å². The third kappa shape index (κ3) is 4.61. The summed E-state index contributed by atoms with van der Waals surface area (Å²) in [4.78, 5) is 12.4. The van der Waals surface area contributed by atoms with Crippen LogP contribution in [0.4, 0.5) is 10.1 Å². The third-order valence-corrected chi connectivity index (χ3v) is 7.08. The van der Waals surface area contributed by atoms with Crippen molar-refractivity contribution in [3.8, 4) is 0 Å². The Morgan fingerprint density at radius 1 is 1.14 bits per heavy atom. The number of hydrogen-bond acceptors (Lipinski definition) is 4. The molecule has 1 aliphatic rings. The molecule has 1 fully saturated rings. The first-order valence-electron chi connectivity index (χ1n) is 9.07. The summed E-state index contributed by atoms with van der Waals surface area (Å²) in [5.41, 5.74) is 0.0235. The molecule has 0 atom stereocenters. The highest BCUT2D eigenvalue weighted by atomic mass is 35.5. The fourth-order valence-electron chi connectivity index (χ4n) is 2.99. The Balaban J connectivity index is 1.86. The second kappa shape index (κ2) is 8.39. The van der Waals surface area contributed by atoms with Crippen molar-refractivity contribution in [2.24, 2.45) is 0 Å². The largest absolute Gasteiger partial charge is 0.379 e. The Kier molecular flexibility index (Phi) is 6.28. The Labute approximate surface area is 174 Å². The molecule has 0 saturated carbocycles. The van der Waals surface area contributed by atoms with Gasteiger partial charge in [0.25, 0.3) is 0 Å². The van der Waals surface area contributed by atoms with Crippen molar-refractivity contribution in [3.63, 3.8) is 0 Å². The van der Waals surface area contributed by atoms with Gasteiger partial charge in [0.05, 0.1) is 18.6 Å². The zero-order valence-corrected chi connectivity index (χ0v) is 17.7. The minimum atomic E-state index is -4.03. The lowest BCUT2D eigenvalue weighted by molar-refractivity contribution is -0.120. The molecule has 1 aliphatic heterocycles. The van der Waals surface area contributed by atoms with Crippen LogP contribution in [0.2, 0.25) is 5.02 Å².